The van der Waals surface area contributed by atoms with E-state index in [1.165, 1.54) is 18.7 Å². The van der Waals surface area contributed by atoms with Gasteiger partial charge in [-0.05, 0) is 69.3 Å². The van der Waals surface area contributed by atoms with Crippen LogP contribution in [0, 0.1) is 11.8 Å². The van der Waals surface area contributed by atoms with Crippen molar-refractivity contribution in [3.05, 3.63) is 0 Å². The standard InChI is InChI=1S/C41H77N15O11S3/c1-7-21(4)30(56-32(59)23(42)18-68)38(65)53-27(16-20(2)3)36(63)51-24(10-8-13-47-40(43)44)33(60)52-26(12-15-70-6)35(62)50-25(11-9-14-48-41(45)46)34(61)54-28(17-57)37(64)49-22(5)31(58)55-29(19-69)39(66)67/h20-30,57,68-69H,7-19,42H2,1-6H3,(H,49,64)(H,50,62)(H,51,63)(H,52,60)(H,53,65)(H,54,61)(H,55,58)(H,56,59)(H,66,67)(H4,43,44,47)(H4,45,46,48)/t21-,22-,23-,24-,25-,26-,27-,28-,29-,30-/m0/s1. The molecule has 0 aliphatic rings. The number of thiol groups is 2. The molecule has 0 aromatic carbocycles. The van der Waals surface area contributed by atoms with Crippen molar-refractivity contribution in [3.8, 4) is 0 Å². The van der Waals surface area contributed by atoms with Gasteiger partial charge in [0.25, 0.3) is 0 Å². The number of hydrogen-bond acceptors (Lipinski definition) is 16. The molecule has 0 aliphatic carbocycles. The number of carbonyl (C=O) groups excluding carboxylic acids is 8. The summed E-state index contributed by atoms with van der Waals surface area (Å²) >= 11 is 9.30. The third-order valence-corrected chi connectivity index (χ3v) is 11.8. The van der Waals surface area contributed by atoms with Crippen molar-refractivity contribution in [1.82, 2.24) is 42.5 Å². The number of aliphatic hydroxyl groups is 1. The lowest BCUT2D eigenvalue weighted by molar-refractivity contribution is -0.141. The second-order valence-electron chi connectivity index (χ2n) is 16.8. The van der Waals surface area contributed by atoms with Crippen LogP contribution in [0.3, 0.4) is 0 Å². The van der Waals surface area contributed by atoms with Gasteiger partial charge in [-0.15, -0.1) is 0 Å². The number of thioether (sulfide) groups is 1. The number of carboxylic acid groups (broad SMARTS) is 1. The van der Waals surface area contributed by atoms with E-state index in [4.69, 9.17) is 28.7 Å². The molecular formula is C41H77N15O11S3. The SMILES string of the molecule is CC[C@H](C)[C@H](NC(=O)[C@@H](N)CS)C(=O)N[C@@H](CC(C)C)C(=O)N[C@@H](CCCN=C(N)N)C(=O)N[C@@H](CCSC)C(=O)N[C@@H](CCCN=C(N)N)C(=O)N[C@@H](CO)C(=O)N[C@@H](C)C(=O)N[C@@H](CS)C(=O)O. The Kier molecular flexibility index (Phi) is 32.3. The van der Waals surface area contributed by atoms with Crippen molar-refractivity contribution in [2.75, 3.05) is 43.2 Å². The van der Waals surface area contributed by atoms with E-state index in [9.17, 15) is 53.4 Å². The largest absolute Gasteiger partial charge is 0.480 e. The number of nitrogens with one attached hydrogen (secondary N) is 8. The zero-order valence-corrected chi connectivity index (χ0v) is 43.3. The molecule has 20 N–H and O–H groups in total. The maximum atomic E-state index is 14.2. The van der Waals surface area contributed by atoms with Crippen LogP contribution in [0.5, 0.6) is 0 Å². The number of nitrogens with two attached hydrogens (primary N) is 5. The molecule has 0 rings (SSSR count). The molecule has 0 radical (unpaired) electrons. The van der Waals surface area contributed by atoms with Gasteiger partial charge in [0.1, 0.15) is 48.3 Å². The van der Waals surface area contributed by atoms with Crippen molar-refractivity contribution >= 4 is 102 Å². The number of amides is 8. The van der Waals surface area contributed by atoms with Crippen LogP contribution in [-0.2, 0) is 43.2 Å². The van der Waals surface area contributed by atoms with Crippen LogP contribution in [0.2, 0.25) is 0 Å². The summed E-state index contributed by atoms with van der Waals surface area (Å²) in [4.78, 5) is 128. The summed E-state index contributed by atoms with van der Waals surface area (Å²) in [5, 5.41) is 39.5. The second-order valence-corrected chi connectivity index (χ2v) is 18.5. The lowest BCUT2D eigenvalue weighted by atomic mass is 9.96. The molecule has 10 atom stereocenters. The third kappa shape index (κ3) is 25.6. The predicted molar refractivity (Wildman–Crippen MR) is 273 cm³/mol. The van der Waals surface area contributed by atoms with Gasteiger partial charge >= 0.3 is 5.97 Å². The van der Waals surface area contributed by atoms with Crippen LogP contribution in [0.4, 0.5) is 0 Å². The van der Waals surface area contributed by atoms with E-state index < -0.39 is 114 Å². The highest BCUT2D eigenvalue weighted by molar-refractivity contribution is 7.98. The van der Waals surface area contributed by atoms with Crippen LogP contribution in [0.15, 0.2) is 9.98 Å². The maximum Gasteiger partial charge on any atom is 0.327 e. The molecule has 8 amide bonds. The van der Waals surface area contributed by atoms with Crippen LogP contribution in [0.25, 0.3) is 0 Å². The van der Waals surface area contributed by atoms with Crippen LogP contribution in [0.1, 0.15) is 79.6 Å². The molecule has 26 nitrogen and oxygen atoms in total. The number of guanidine groups is 2. The second kappa shape index (κ2) is 34.9. The van der Waals surface area contributed by atoms with E-state index >= 15 is 0 Å². The zero-order chi connectivity index (χ0) is 53.7. The number of hydrogen-bond donors (Lipinski definition) is 17. The summed E-state index contributed by atoms with van der Waals surface area (Å²) in [6, 6.07) is -11.6. The van der Waals surface area contributed by atoms with E-state index in [0.29, 0.717) is 12.2 Å². The minimum absolute atomic E-state index is 0.0193. The summed E-state index contributed by atoms with van der Waals surface area (Å²) < 4.78 is 0. The van der Waals surface area contributed by atoms with Crippen molar-refractivity contribution in [2.45, 2.75) is 134 Å². The van der Waals surface area contributed by atoms with Gasteiger partial charge in [-0.1, -0.05) is 34.1 Å². The Morgan fingerprint density at radius 1 is 0.571 bits per heavy atom. The number of carboxylic acids is 1. The number of rotatable bonds is 35. The number of aliphatic imine (C=N–C) groups is 2. The normalized spacial score (nSPS) is 15.3. The van der Waals surface area contributed by atoms with Crippen molar-refractivity contribution in [2.24, 2.45) is 50.5 Å². The molecule has 0 unspecified atom stereocenters. The number of aliphatic hydroxyl groups excluding tert-OH is 1. The first-order valence-corrected chi connectivity index (χ1v) is 25.4. The minimum atomic E-state index is -1.66. The molecule has 29 heteroatoms. The molecule has 0 bridgehead atoms. The summed E-state index contributed by atoms with van der Waals surface area (Å²) in [6.07, 6.45) is 2.52. The molecule has 0 aromatic rings. The number of carbonyl (C=O) groups is 9. The van der Waals surface area contributed by atoms with E-state index in [1.807, 2.05) is 20.8 Å². The van der Waals surface area contributed by atoms with Gasteiger partial charge in [-0.2, -0.15) is 37.0 Å². The molecular weight excluding hydrogens is 975 g/mol. The van der Waals surface area contributed by atoms with Crippen molar-refractivity contribution in [1.29, 1.82) is 0 Å². The lowest BCUT2D eigenvalue weighted by Gasteiger charge is -2.29. The Balaban J connectivity index is 6.72. The summed E-state index contributed by atoms with van der Waals surface area (Å²) in [5.41, 5.74) is 27.8. The van der Waals surface area contributed by atoms with Gasteiger partial charge < -0.3 is 81.4 Å². The third-order valence-electron chi connectivity index (χ3n) is 10.4. The van der Waals surface area contributed by atoms with Crippen molar-refractivity contribution in [3.63, 3.8) is 0 Å². The highest BCUT2D eigenvalue weighted by Crippen LogP contribution is 2.13. The van der Waals surface area contributed by atoms with Gasteiger partial charge in [0.05, 0.1) is 12.6 Å². The van der Waals surface area contributed by atoms with Gasteiger partial charge in [-0.25, -0.2) is 4.79 Å². The Morgan fingerprint density at radius 2 is 1.00 bits per heavy atom. The average molecular weight is 1050 g/mol. The molecule has 0 saturated heterocycles. The fraction of sp³-hybridized carbons (Fsp3) is 0.732. The smallest absolute Gasteiger partial charge is 0.327 e. The number of aliphatic carboxylic acids is 1. The van der Waals surface area contributed by atoms with E-state index in [0.717, 1.165) is 0 Å². The molecule has 0 fully saturated rings. The molecule has 0 aliphatic heterocycles. The fourth-order valence-corrected chi connectivity index (χ4v) is 7.09. The molecule has 70 heavy (non-hydrogen) atoms. The monoisotopic (exact) mass is 1050 g/mol. The summed E-state index contributed by atoms with van der Waals surface area (Å²) in [7, 11) is 0. The molecule has 400 valence electrons. The minimum Gasteiger partial charge on any atom is -0.480 e. The fourth-order valence-electron chi connectivity index (χ4n) is 6.20. The van der Waals surface area contributed by atoms with E-state index in [-0.39, 0.29) is 86.9 Å². The van der Waals surface area contributed by atoms with Gasteiger partial charge in [0, 0.05) is 24.6 Å². The first-order chi connectivity index (χ1) is 32.9. The highest BCUT2D eigenvalue weighted by atomic mass is 32.2. The zero-order valence-electron chi connectivity index (χ0n) is 40.7. The number of nitrogens with zero attached hydrogens (tertiary/aromatic N) is 2. The lowest BCUT2D eigenvalue weighted by Crippen LogP contribution is -2.61. The van der Waals surface area contributed by atoms with Crippen molar-refractivity contribution < 1.29 is 53.4 Å². The molecule has 0 heterocycles. The Labute approximate surface area is 424 Å². The first kappa shape index (κ1) is 64.7. The van der Waals surface area contributed by atoms with E-state index in [1.54, 1.807) is 13.2 Å². The quantitative estimate of drug-likeness (QED) is 0.0122. The highest BCUT2D eigenvalue weighted by Gasteiger charge is 2.35. The van der Waals surface area contributed by atoms with Gasteiger partial charge in [0.2, 0.25) is 47.3 Å². The van der Waals surface area contributed by atoms with Crippen LogP contribution >= 0.6 is 37.0 Å². The van der Waals surface area contributed by atoms with Crippen LogP contribution < -0.4 is 71.2 Å². The molecule has 0 spiro atoms. The first-order valence-electron chi connectivity index (χ1n) is 22.7. The van der Waals surface area contributed by atoms with E-state index in [2.05, 4.69) is 77.8 Å². The maximum absolute atomic E-state index is 14.2. The predicted octanol–water partition coefficient (Wildman–Crippen LogP) is -4.90. The Morgan fingerprint density at radius 3 is 1.40 bits per heavy atom. The molecule has 0 aromatic heterocycles. The Hall–Kier alpha value is -5.26. The van der Waals surface area contributed by atoms with Gasteiger partial charge in [-0.3, -0.25) is 48.3 Å². The average Bonchev–Trinajstić information content (AvgIpc) is 3.30. The topological polar surface area (TPSA) is 445 Å². The van der Waals surface area contributed by atoms with Gasteiger partial charge in [0.15, 0.2) is 11.9 Å². The molecule has 0 saturated carbocycles. The Bertz CT molecular complexity index is 1790. The summed E-state index contributed by atoms with van der Waals surface area (Å²) in [6.45, 7) is 7.58. The van der Waals surface area contributed by atoms with Crippen LogP contribution in [-0.4, -0.2) is 173 Å². The summed E-state index contributed by atoms with van der Waals surface area (Å²) in [5.74, 6) is -8.75.